The Balaban J connectivity index is -0.000000126. The summed E-state index contributed by atoms with van der Waals surface area (Å²) in [5.41, 5.74) is 0. The van der Waals surface area contributed by atoms with Crippen molar-refractivity contribution in [2.45, 2.75) is 0 Å². The van der Waals surface area contributed by atoms with Crippen molar-refractivity contribution in [3.05, 3.63) is 25.7 Å². The van der Waals surface area contributed by atoms with Crippen molar-refractivity contribution < 1.29 is 51.4 Å². The quantitative estimate of drug-likeness (QED) is 0.218. The van der Waals surface area contributed by atoms with Gasteiger partial charge in [0.25, 0.3) is 0 Å². The van der Waals surface area contributed by atoms with Crippen molar-refractivity contribution in [3.8, 4) is 0 Å². The van der Waals surface area contributed by atoms with E-state index in [9.17, 15) is 13.0 Å². The molecule has 0 fully saturated rings. The summed E-state index contributed by atoms with van der Waals surface area (Å²) in [4.78, 5) is 0. The van der Waals surface area contributed by atoms with Gasteiger partial charge in [-0.1, -0.05) is 13.2 Å². The van der Waals surface area contributed by atoms with E-state index >= 15 is 0 Å². The van der Waals surface area contributed by atoms with Gasteiger partial charge in [-0.2, -0.15) is 0 Å². The molecule has 0 atom stereocenters. The minimum Gasteiger partial charge on any atom is -0.726 e. The number of rotatable bonds is 3. The van der Waals surface area contributed by atoms with Crippen LogP contribution in [0.4, 0.5) is 0 Å². The normalized spacial score (nSPS) is 8.17. The minimum atomic E-state index is -4.41. The second-order valence-corrected chi connectivity index (χ2v) is 2.19. The Hall–Kier alpha value is 0.150. The first-order valence-corrected chi connectivity index (χ1v) is 3.70. The molecule has 0 N–H and O–H groups in total. The van der Waals surface area contributed by atoms with E-state index in [0.29, 0.717) is 0 Å². The van der Waals surface area contributed by atoms with Gasteiger partial charge in [0.15, 0.2) is 0 Å². The molecule has 0 unspecified atom stereocenters. The van der Waals surface area contributed by atoms with Gasteiger partial charge in [0, 0.05) is 0 Å². The molecule has 0 aliphatic rings. The van der Waals surface area contributed by atoms with Gasteiger partial charge in [0.1, 0.15) is 0 Å². The topological polar surface area (TPSA) is 75.7 Å². The molecule has 0 aliphatic carbocycles. The monoisotopic (exact) mass is 204 g/mol. The molecule has 0 amide bonds. The number of hydrogen-bond donors (Lipinski definition) is 0. The molecule has 0 aromatic carbocycles. The zero-order valence-electron chi connectivity index (χ0n) is 7.02. The standard InChI is InChI=1S/C4H6O.CH4O4S.Na/c1-3-5-4-2;1-5-6(2,3)4;/h3-4H,1-2H2;1H3,(H,2,3,4);/q;;+1/p-1. The molecule has 0 spiro atoms. The summed E-state index contributed by atoms with van der Waals surface area (Å²) in [7, 11) is -3.60. The van der Waals surface area contributed by atoms with Crippen molar-refractivity contribution in [1.82, 2.24) is 0 Å². The third-order valence-corrected chi connectivity index (χ3v) is 0.805. The summed E-state index contributed by atoms with van der Waals surface area (Å²) in [6.45, 7) is 6.51. The van der Waals surface area contributed by atoms with Gasteiger partial charge in [-0.15, -0.1) is 0 Å². The van der Waals surface area contributed by atoms with E-state index in [4.69, 9.17) is 0 Å². The van der Waals surface area contributed by atoms with Crippen molar-refractivity contribution in [2.24, 2.45) is 0 Å². The first-order chi connectivity index (χ1) is 4.97. The van der Waals surface area contributed by atoms with Crippen LogP contribution in [0.1, 0.15) is 0 Å². The average Bonchev–Trinajstić information content (AvgIpc) is 1.90. The van der Waals surface area contributed by atoms with Crippen LogP contribution < -0.4 is 29.6 Å². The summed E-state index contributed by atoms with van der Waals surface area (Å²) in [6, 6.07) is 0. The Morgan fingerprint density at radius 3 is 1.58 bits per heavy atom. The Morgan fingerprint density at radius 1 is 1.33 bits per heavy atom. The molecular weight excluding hydrogens is 195 g/mol. The maximum absolute atomic E-state index is 9.22. The average molecular weight is 204 g/mol. The molecule has 12 heavy (non-hydrogen) atoms. The second kappa shape index (κ2) is 11.2. The number of ether oxygens (including phenoxy) is 1. The molecule has 5 nitrogen and oxygen atoms in total. The maximum Gasteiger partial charge on any atom is 1.00 e. The molecule has 0 saturated heterocycles. The van der Waals surface area contributed by atoms with Crippen LogP contribution in [0.2, 0.25) is 0 Å². The van der Waals surface area contributed by atoms with Gasteiger partial charge < -0.3 is 9.29 Å². The van der Waals surface area contributed by atoms with E-state index in [-0.39, 0.29) is 29.6 Å². The molecule has 0 bridgehead atoms. The summed E-state index contributed by atoms with van der Waals surface area (Å²) in [5.74, 6) is 0. The van der Waals surface area contributed by atoms with E-state index in [1.807, 2.05) is 0 Å². The zero-order valence-corrected chi connectivity index (χ0v) is 9.83. The van der Waals surface area contributed by atoms with Gasteiger partial charge in [-0.05, 0) is 0 Å². The Labute approximate surface area is 94.3 Å². The SMILES string of the molecule is C=COC=C.COS(=O)(=O)[O-].[Na+]. The zero-order chi connectivity index (χ0) is 9.33. The molecule has 66 valence electrons. The summed E-state index contributed by atoms with van der Waals surface area (Å²) >= 11 is 0. The summed E-state index contributed by atoms with van der Waals surface area (Å²) in [6.07, 6.45) is 2.62. The van der Waals surface area contributed by atoms with Crippen LogP contribution in [0.3, 0.4) is 0 Å². The maximum atomic E-state index is 9.22. The van der Waals surface area contributed by atoms with Crippen molar-refractivity contribution in [2.75, 3.05) is 7.11 Å². The molecule has 0 rings (SSSR count). The summed E-state index contributed by atoms with van der Waals surface area (Å²) in [5, 5.41) is 0. The molecular formula is C5H9NaO5S. The van der Waals surface area contributed by atoms with Crippen LogP contribution in [-0.4, -0.2) is 20.1 Å². The van der Waals surface area contributed by atoms with Crippen molar-refractivity contribution in [3.63, 3.8) is 0 Å². The molecule has 0 aromatic heterocycles. The van der Waals surface area contributed by atoms with Gasteiger partial charge in [-0.3, -0.25) is 4.18 Å². The summed E-state index contributed by atoms with van der Waals surface area (Å²) < 4.78 is 35.4. The van der Waals surface area contributed by atoms with Gasteiger partial charge in [0.2, 0.25) is 10.4 Å². The van der Waals surface area contributed by atoms with E-state index in [0.717, 1.165) is 7.11 Å². The van der Waals surface area contributed by atoms with Gasteiger partial charge in [-0.25, -0.2) is 8.42 Å². The van der Waals surface area contributed by atoms with Crippen molar-refractivity contribution >= 4 is 10.4 Å². The first-order valence-electron chi connectivity index (χ1n) is 2.36. The van der Waals surface area contributed by atoms with Crippen LogP contribution in [0.25, 0.3) is 0 Å². The fraction of sp³-hybridized carbons (Fsp3) is 0.200. The van der Waals surface area contributed by atoms with Crippen LogP contribution in [-0.2, 0) is 19.3 Å². The second-order valence-electron chi connectivity index (χ2n) is 1.04. The van der Waals surface area contributed by atoms with Gasteiger partial charge >= 0.3 is 29.6 Å². The Morgan fingerprint density at radius 2 is 1.58 bits per heavy atom. The smallest absolute Gasteiger partial charge is 0.726 e. The van der Waals surface area contributed by atoms with Gasteiger partial charge in [0.05, 0.1) is 19.6 Å². The largest absolute Gasteiger partial charge is 1.00 e. The number of hydrogen-bond acceptors (Lipinski definition) is 5. The van der Waals surface area contributed by atoms with Crippen molar-refractivity contribution in [1.29, 1.82) is 0 Å². The Kier molecular flexibility index (Phi) is 16.8. The third kappa shape index (κ3) is 32.0. The molecule has 0 aromatic rings. The molecule has 7 heteroatoms. The van der Waals surface area contributed by atoms with E-state index in [1.54, 1.807) is 0 Å². The predicted molar refractivity (Wildman–Crippen MR) is 38.2 cm³/mol. The molecule has 0 radical (unpaired) electrons. The third-order valence-electron chi connectivity index (χ3n) is 0.397. The van der Waals surface area contributed by atoms with E-state index in [1.165, 1.54) is 12.5 Å². The van der Waals surface area contributed by atoms with Crippen LogP contribution >= 0.6 is 0 Å². The fourth-order valence-electron chi connectivity index (χ4n) is 0.0680. The molecule has 0 aliphatic heterocycles. The van der Waals surface area contributed by atoms with Crippen LogP contribution in [0.5, 0.6) is 0 Å². The van der Waals surface area contributed by atoms with Crippen LogP contribution in [0.15, 0.2) is 25.7 Å². The first kappa shape index (κ1) is 18.0. The van der Waals surface area contributed by atoms with Crippen LogP contribution in [0, 0.1) is 0 Å². The fourth-order valence-corrected chi connectivity index (χ4v) is 0.0680. The Bertz CT molecular complexity index is 192. The minimum absolute atomic E-state index is 0. The molecule has 0 heterocycles. The van der Waals surface area contributed by atoms with E-state index in [2.05, 4.69) is 22.1 Å². The van der Waals surface area contributed by atoms with E-state index < -0.39 is 10.4 Å². The predicted octanol–water partition coefficient (Wildman–Crippen LogP) is -2.61. The molecule has 0 saturated carbocycles.